The molecule has 0 bridgehead atoms. The standard InChI is InChI=1S/C14H14N2O5S/c1-20-11-4-2-10(3-5-11)16-14(17)21-12-6-8-13(9-7-12)22(15,18)19/h2-9H,1H3,(H,16,17)(H2,15,18,19). The molecule has 0 spiro atoms. The van der Waals surface area contributed by atoms with E-state index in [4.69, 9.17) is 14.6 Å². The lowest BCUT2D eigenvalue weighted by Gasteiger charge is -2.07. The fourth-order valence-electron chi connectivity index (χ4n) is 1.62. The molecular weight excluding hydrogens is 308 g/mol. The number of rotatable bonds is 4. The first kappa shape index (κ1) is 15.8. The molecule has 2 aromatic carbocycles. The van der Waals surface area contributed by atoms with Crippen molar-refractivity contribution in [1.29, 1.82) is 0 Å². The third kappa shape index (κ3) is 4.21. The Kier molecular flexibility index (Phi) is 4.64. The van der Waals surface area contributed by atoms with Crippen LogP contribution in [0.3, 0.4) is 0 Å². The lowest BCUT2D eigenvalue weighted by Crippen LogP contribution is -2.17. The molecule has 0 atom stereocenters. The van der Waals surface area contributed by atoms with Gasteiger partial charge in [-0.15, -0.1) is 0 Å². The number of hydrogen-bond donors (Lipinski definition) is 2. The van der Waals surface area contributed by atoms with Crippen molar-refractivity contribution in [3.05, 3.63) is 48.5 Å². The highest BCUT2D eigenvalue weighted by Gasteiger charge is 2.09. The molecule has 0 aliphatic heterocycles. The van der Waals surface area contributed by atoms with Gasteiger partial charge in [0.15, 0.2) is 0 Å². The highest BCUT2D eigenvalue weighted by Crippen LogP contribution is 2.17. The zero-order chi connectivity index (χ0) is 16.2. The van der Waals surface area contributed by atoms with Crippen LogP contribution in [0.5, 0.6) is 11.5 Å². The molecule has 0 heterocycles. The molecule has 1 amide bonds. The van der Waals surface area contributed by atoms with Crippen molar-refractivity contribution in [2.24, 2.45) is 5.14 Å². The molecule has 8 heteroatoms. The van der Waals surface area contributed by atoms with E-state index < -0.39 is 16.1 Å². The molecular formula is C14H14N2O5S. The van der Waals surface area contributed by atoms with Gasteiger partial charge in [0.25, 0.3) is 0 Å². The summed E-state index contributed by atoms with van der Waals surface area (Å²) in [6.45, 7) is 0. The minimum atomic E-state index is -3.77. The number of nitrogens with two attached hydrogens (primary N) is 1. The van der Waals surface area contributed by atoms with Crippen LogP contribution in [0, 0.1) is 0 Å². The number of carbonyl (C=O) groups is 1. The predicted octanol–water partition coefficient (Wildman–Crippen LogP) is 1.95. The summed E-state index contributed by atoms with van der Waals surface area (Å²) < 4.78 is 32.2. The first-order valence-electron chi connectivity index (χ1n) is 6.14. The van der Waals surface area contributed by atoms with Gasteiger partial charge in [0.1, 0.15) is 11.5 Å². The molecule has 0 aliphatic carbocycles. The van der Waals surface area contributed by atoms with Gasteiger partial charge in [0.2, 0.25) is 10.0 Å². The van der Waals surface area contributed by atoms with Gasteiger partial charge in [-0.1, -0.05) is 0 Å². The Bertz CT molecular complexity index is 755. The van der Waals surface area contributed by atoms with Crippen LogP contribution in [0.15, 0.2) is 53.4 Å². The van der Waals surface area contributed by atoms with Crippen molar-refractivity contribution in [1.82, 2.24) is 0 Å². The van der Waals surface area contributed by atoms with E-state index in [0.717, 1.165) is 0 Å². The Balaban J connectivity index is 1.99. The van der Waals surface area contributed by atoms with Crippen molar-refractivity contribution < 1.29 is 22.7 Å². The van der Waals surface area contributed by atoms with E-state index >= 15 is 0 Å². The van der Waals surface area contributed by atoms with E-state index in [1.807, 2.05) is 0 Å². The summed E-state index contributed by atoms with van der Waals surface area (Å²) in [4.78, 5) is 11.7. The number of sulfonamides is 1. The van der Waals surface area contributed by atoms with E-state index in [2.05, 4.69) is 5.32 Å². The van der Waals surface area contributed by atoms with Crippen molar-refractivity contribution in [2.45, 2.75) is 4.90 Å². The van der Waals surface area contributed by atoms with Gasteiger partial charge in [-0.05, 0) is 48.5 Å². The SMILES string of the molecule is COc1ccc(NC(=O)Oc2ccc(S(N)(=O)=O)cc2)cc1. The van der Waals surface area contributed by atoms with Crippen molar-refractivity contribution in [2.75, 3.05) is 12.4 Å². The molecule has 0 radical (unpaired) electrons. The lowest BCUT2D eigenvalue weighted by atomic mass is 10.3. The van der Waals surface area contributed by atoms with Gasteiger partial charge < -0.3 is 9.47 Å². The molecule has 0 aromatic heterocycles. The summed E-state index contributed by atoms with van der Waals surface area (Å²) in [5, 5.41) is 7.50. The number of ether oxygens (including phenoxy) is 2. The molecule has 3 N–H and O–H groups in total. The monoisotopic (exact) mass is 322 g/mol. The van der Waals surface area contributed by atoms with Gasteiger partial charge in [-0.25, -0.2) is 18.4 Å². The van der Waals surface area contributed by atoms with Gasteiger partial charge in [0, 0.05) is 5.69 Å². The molecule has 0 saturated heterocycles. The fraction of sp³-hybridized carbons (Fsp3) is 0.0714. The summed E-state index contributed by atoms with van der Waals surface area (Å²) in [7, 11) is -2.23. The van der Waals surface area contributed by atoms with E-state index in [9.17, 15) is 13.2 Å². The van der Waals surface area contributed by atoms with Crippen molar-refractivity contribution in [3.63, 3.8) is 0 Å². The molecule has 0 fully saturated rings. The first-order valence-corrected chi connectivity index (χ1v) is 7.69. The number of amides is 1. The second-order valence-electron chi connectivity index (χ2n) is 4.26. The quantitative estimate of drug-likeness (QED) is 0.894. The minimum Gasteiger partial charge on any atom is -0.497 e. The average Bonchev–Trinajstić information content (AvgIpc) is 2.47. The van der Waals surface area contributed by atoms with Crippen LogP contribution in [-0.4, -0.2) is 21.6 Å². The van der Waals surface area contributed by atoms with Gasteiger partial charge in [-0.3, -0.25) is 5.32 Å². The molecule has 0 aliphatic rings. The highest BCUT2D eigenvalue weighted by atomic mass is 32.2. The van der Waals surface area contributed by atoms with Crippen molar-refractivity contribution in [3.8, 4) is 11.5 Å². The summed E-state index contributed by atoms with van der Waals surface area (Å²) in [6.07, 6.45) is -0.700. The summed E-state index contributed by atoms with van der Waals surface area (Å²) in [5.74, 6) is 0.857. The summed E-state index contributed by atoms with van der Waals surface area (Å²) >= 11 is 0. The van der Waals surface area contributed by atoms with E-state index in [0.29, 0.717) is 11.4 Å². The maximum atomic E-state index is 11.7. The Morgan fingerprint density at radius 1 is 1.00 bits per heavy atom. The smallest absolute Gasteiger partial charge is 0.417 e. The second kappa shape index (κ2) is 6.46. The zero-order valence-corrected chi connectivity index (χ0v) is 12.5. The van der Waals surface area contributed by atoms with Crippen LogP contribution in [0.2, 0.25) is 0 Å². The molecule has 116 valence electrons. The average molecular weight is 322 g/mol. The Morgan fingerprint density at radius 2 is 1.55 bits per heavy atom. The van der Waals surface area contributed by atoms with Crippen LogP contribution in [-0.2, 0) is 10.0 Å². The molecule has 22 heavy (non-hydrogen) atoms. The number of hydrogen-bond acceptors (Lipinski definition) is 5. The van der Waals surface area contributed by atoms with Crippen LogP contribution in [0.25, 0.3) is 0 Å². The maximum Gasteiger partial charge on any atom is 0.417 e. The fourth-order valence-corrected chi connectivity index (χ4v) is 2.14. The number of nitrogens with one attached hydrogen (secondary N) is 1. The molecule has 7 nitrogen and oxygen atoms in total. The minimum absolute atomic E-state index is 0.0598. The number of methoxy groups -OCH3 is 1. The number of benzene rings is 2. The Morgan fingerprint density at radius 3 is 2.05 bits per heavy atom. The van der Waals surface area contributed by atoms with E-state index in [1.165, 1.54) is 24.3 Å². The molecule has 2 rings (SSSR count). The Labute approximate surface area is 127 Å². The van der Waals surface area contributed by atoms with Gasteiger partial charge in [0.05, 0.1) is 12.0 Å². The predicted molar refractivity (Wildman–Crippen MR) is 80.5 cm³/mol. The Hall–Kier alpha value is -2.58. The van der Waals surface area contributed by atoms with Crippen LogP contribution in [0.1, 0.15) is 0 Å². The summed E-state index contributed by atoms with van der Waals surface area (Å²) in [6, 6.07) is 11.9. The topological polar surface area (TPSA) is 108 Å². The highest BCUT2D eigenvalue weighted by molar-refractivity contribution is 7.89. The molecule has 2 aromatic rings. The normalized spacial score (nSPS) is 10.8. The van der Waals surface area contributed by atoms with Gasteiger partial charge in [-0.2, -0.15) is 0 Å². The van der Waals surface area contributed by atoms with Crippen LogP contribution in [0.4, 0.5) is 10.5 Å². The zero-order valence-electron chi connectivity index (χ0n) is 11.6. The maximum absolute atomic E-state index is 11.7. The van der Waals surface area contributed by atoms with E-state index in [1.54, 1.807) is 31.4 Å². The van der Waals surface area contributed by atoms with Crippen LogP contribution < -0.4 is 19.9 Å². The number of anilines is 1. The van der Waals surface area contributed by atoms with Crippen molar-refractivity contribution >= 4 is 21.8 Å². The molecule has 0 unspecified atom stereocenters. The molecule has 0 saturated carbocycles. The largest absolute Gasteiger partial charge is 0.497 e. The third-order valence-electron chi connectivity index (χ3n) is 2.70. The number of carbonyl (C=O) groups excluding carboxylic acids is 1. The second-order valence-corrected chi connectivity index (χ2v) is 5.82. The summed E-state index contributed by atoms with van der Waals surface area (Å²) in [5.41, 5.74) is 0.534. The third-order valence-corrected chi connectivity index (χ3v) is 3.63. The van der Waals surface area contributed by atoms with E-state index in [-0.39, 0.29) is 10.6 Å². The van der Waals surface area contributed by atoms with Gasteiger partial charge >= 0.3 is 6.09 Å². The number of primary sulfonamides is 1. The van der Waals surface area contributed by atoms with Crippen LogP contribution >= 0.6 is 0 Å². The lowest BCUT2D eigenvalue weighted by molar-refractivity contribution is 0.215. The first-order chi connectivity index (χ1) is 10.4.